The zero-order valence-electron chi connectivity index (χ0n) is 27.9. The molecule has 0 aliphatic heterocycles. The molecule has 0 spiro atoms. The molecule has 0 saturated carbocycles. The van der Waals surface area contributed by atoms with Crippen molar-refractivity contribution in [1.82, 2.24) is 9.55 Å². The summed E-state index contributed by atoms with van der Waals surface area (Å²) in [6.07, 6.45) is 0. The number of fused-ring (bicyclic) bond motifs is 4. The summed E-state index contributed by atoms with van der Waals surface area (Å²) in [5, 5.41) is 7.47. The predicted octanol–water partition coefficient (Wildman–Crippen LogP) is 13.2. The van der Waals surface area contributed by atoms with Crippen molar-refractivity contribution in [1.29, 1.82) is 0 Å². The van der Waals surface area contributed by atoms with Gasteiger partial charge in [0.15, 0.2) is 0 Å². The van der Waals surface area contributed by atoms with Gasteiger partial charge in [-0.3, -0.25) is 4.57 Å². The Kier molecular flexibility index (Phi) is 6.85. The number of imidazole rings is 1. The van der Waals surface area contributed by atoms with Crippen LogP contribution in [-0.2, 0) is 0 Å². The lowest BCUT2D eigenvalue weighted by atomic mass is 9.84. The molecule has 9 aromatic carbocycles. The highest BCUT2D eigenvalue weighted by Gasteiger charge is 2.20. The van der Waals surface area contributed by atoms with E-state index in [2.05, 4.69) is 199 Å². The summed E-state index contributed by atoms with van der Waals surface area (Å²) in [6, 6.07) is 69.8. The van der Waals surface area contributed by atoms with E-state index < -0.39 is 0 Å². The summed E-state index contributed by atoms with van der Waals surface area (Å²) >= 11 is 0. The van der Waals surface area contributed by atoms with Crippen LogP contribution in [0.1, 0.15) is 0 Å². The first-order chi connectivity index (χ1) is 25.3. The first kappa shape index (κ1) is 29.2. The molecule has 0 atom stereocenters. The Morgan fingerprint density at radius 3 is 1.55 bits per heavy atom. The van der Waals surface area contributed by atoms with Gasteiger partial charge < -0.3 is 0 Å². The molecule has 0 amide bonds. The summed E-state index contributed by atoms with van der Waals surface area (Å²) in [5.74, 6) is 0.925. The van der Waals surface area contributed by atoms with Gasteiger partial charge >= 0.3 is 0 Å². The van der Waals surface area contributed by atoms with Crippen LogP contribution in [0.25, 0.3) is 93.8 Å². The smallest absolute Gasteiger partial charge is 0.145 e. The number of para-hydroxylation sites is 1. The van der Waals surface area contributed by atoms with Crippen LogP contribution in [-0.4, -0.2) is 9.55 Å². The SMILES string of the molecule is c1ccc(-c2ccc(-c3nc4cc(-c5c6ccccc6c(-c6cccc7ccccc67)c6ccccc56)ccc4n3-c3ccccc3)cc2)cc1. The van der Waals surface area contributed by atoms with Crippen LogP contribution in [0, 0.1) is 0 Å². The van der Waals surface area contributed by atoms with E-state index in [1.54, 1.807) is 0 Å². The fourth-order valence-corrected chi connectivity index (χ4v) is 7.88. The van der Waals surface area contributed by atoms with Gasteiger partial charge in [0.05, 0.1) is 11.0 Å². The average molecular weight is 649 g/mol. The Bertz CT molecular complexity index is 2820. The van der Waals surface area contributed by atoms with Crippen molar-refractivity contribution in [3.8, 4) is 50.5 Å². The number of hydrogen-bond donors (Lipinski definition) is 0. The van der Waals surface area contributed by atoms with Crippen molar-refractivity contribution in [2.24, 2.45) is 0 Å². The van der Waals surface area contributed by atoms with Gasteiger partial charge in [0.25, 0.3) is 0 Å². The number of benzene rings is 9. The third kappa shape index (κ3) is 4.84. The van der Waals surface area contributed by atoms with Gasteiger partial charge in [-0.05, 0) is 90.0 Å². The van der Waals surface area contributed by atoms with Crippen LogP contribution in [0.3, 0.4) is 0 Å². The van der Waals surface area contributed by atoms with Gasteiger partial charge in [0.2, 0.25) is 0 Å². The quantitative estimate of drug-likeness (QED) is 0.170. The van der Waals surface area contributed by atoms with Gasteiger partial charge in [-0.1, -0.05) is 170 Å². The molecule has 238 valence electrons. The lowest BCUT2D eigenvalue weighted by molar-refractivity contribution is 1.10. The molecule has 0 aliphatic rings. The highest BCUT2D eigenvalue weighted by molar-refractivity contribution is 6.23. The maximum Gasteiger partial charge on any atom is 0.145 e. The Labute approximate surface area is 296 Å². The summed E-state index contributed by atoms with van der Waals surface area (Å²) in [4.78, 5) is 5.37. The van der Waals surface area contributed by atoms with Crippen molar-refractivity contribution < 1.29 is 0 Å². The first-order valence-electron chi connectivity index (χ1n) is 17.5. The molecule has 2 heteroatoms. The zero-order chi connectivity index (χ0) is 33.7. The zero-order valence-corrected chi connectivity index (χ0v) is 27.9. The van der Waals surface area contributed by atoms with Gasteiger partial charge in [-0.2, -0.15) is 0 Å². The molecule has 0 fully saturated rings. The molecule has 1 heterocycles. The minimum Gasteiger partial charge on any atom is -0.292 e. The van der Waals surface area contributed by atoms with Crippen LogP contribution in [0.15, 0.2) is 194 Å². The first-order valence-corrected chi connectivity index (χ1v) is 17.5. The molecule has 10 rings (SSSR count). The second-order valence-corrected chi connectivity index (χ2v) is 13.1. The standard InChI is InChI=1S/C49H32N2/c1-3-14-33(15-4-1)34-26-28-36(29-27-34)49-50-45-32-37(30-31-46(45)51(49)38-18-5-2-6-19-38)47-41-21-9-11-23-43(41)48(44-24-12-10-22-42(44)47)40-25-13-17-35-16-7-8-20-39(35)40/h1-32H. The van der Waals surface area contributed by atoms with E-state index in [0.717, 1.165) is 33.7 Å². The maximum atomic E-state index is 5.37. The average Bonchev–Trinajstić information content (AvgIpc) is 3.59. The van der Waals surface area contributed by atoms with E-state index in [1.165, 1.54) is 60.1 Å². The van der Waals surface area contributed by atoms with E-state index >= 15 is 0 Å². The minimum absolute atomic E-state index is 0.925. The molecule has 0 saturated heterocycles. The number of rotatable bonds is 5. The molecule has 0 unspecified atom stereocenters. The molecule has 51 heavy (non-hydrogen) atoms. The third-order valence-electron chi connectivity index (χ3n) is 10.2. The molecule has 0 bridgehead atoms. The van der Waals surface area contributed by atoms with E-state index in [0.29, 0.717) is 0 Å². The molecule has 0 radical (unpaired) electrons. The van der Waals surface area contributed by atoms with Crippen molar-refractivity contribution in [2.75, 3.05) is 0 Å². The molecule has 10 aromatic rings. The van der Waals surface area contributed by atoms with Gasteiger partial charge in [-0.15, -0.1) is 0 Å². The minimum atomic E-state index is 0.925. The van der Waals surface area contributed by atoms with Crippen molar-refractivity contribution >= 4 is 43.4 Å². The van der Waals surface area contributed by atoms with Crippen LogP contribution >= 0.6 is 0 Å². The molecule has 2 nitrogen and oxygen atoms in total. The van der Waals surface area contributed by atoms with Gasteiger partial charge in [-0.25, -0.2) is 4.98 Å². The largest absolute Gasteiger partial charge is 0.292 e. The Morgan fingerprint density at radius 1 is 0.353 bits per heavy atom. The molecular weight excluding hydrogens is 617 g/mol. The van der Waals surface area contributed by atoms with Gasteiger partial charge in [0, 0.05) is 11.3 Å². The highest BCUT2D eigenvalue weighted by atomic mass is 15.1. The van der Waals surface area contributed by atoms with Crippen LogP contribution in [0.5, 0.6) is 0 Å². The predicted molar refractivity (Wildman–Crippen MR) is 215 cm³/mol. The monoisotopic (exact) mass is 648 g/mol. The normalized spacial score (nSPS) is 11.5. The topological polar surface area (TPSA) is 17.8 Å². The van der Waals surface area contributed by atoms with Crippen LogP contribution in [0.4, 0.5) is 0 Å². The summed E-state index contributed by atoms with van der Waals surface area (Å²) in [5.41, 5.74) is 11.5. The molecular formula is C49H32N2. The Morgan fingerprint density at radius 2 is 0.863 bits per heavy atom. The van der Waals surface area contributed by atoms with Crippen molar-refractivity contribution in [3.05, 3.63) is 194 Å². The lowest BCUT2D eigenvalue weighted by Crippen LogP contribution is -1.97. The number of hydrogen-bond acceptors (Lipinski definition) is 1. The summed E-state index contributed by atoms with van der Waals surface area (Å²) in [6.45, 7) is 0. The number of aromatic nitrogens is 2. The van der Waals surface area contributed by atoms with E-state index in [1.807, 2.05) is 0 Å². The highest BCUT2D eigenvalue weighted by Crippen LogP contribution is 2.46. The maximum absolute atomic E-state index is 5.37. The summed E-state index contributed by atoms with van der Waals surface area (Å²) < 4.78 is 2.29. The molecule has 0 aliphatic carbocycles. The Hall–Kier alpha value is -6.77. The molecule has 0 N–H and O–H groups in total. The van der Waals surface area contributed by atoms with Crippen molar-refractivity contribution in [3.63, 3.8) is 0 Å². The second kappa shape index (κ2) is 12.0. The molecule has 1 aromatic heterocycles. The van der Waals surface area contributed by atoms with E-state index in [-0.39, 0.29) is 0 Å². The second-order valence-electron chi connectivity index (χ2n) is 13.1. The van der Waals surface area contributed by atoms with Crippen LogP contribution < -0.4 is 0 Å². The van der Waals surface area contributed by atoms with Gasteiger partial charge in [0.1, 0.15) is 5.82 Å². The van der Waals surface area contributed by atoms with Crippen LogP contribution in [0.2, 0.25) is 0 Å². The Balaban J connectivity index is 1.20. The summed E-state index contributed by atoms with van der Waals surface area (Å²) in [7, 11) is 0. The fraction of sp³-hybridized carbons (Fsp3) is 0. The number of nitrogens with zero attached hydrogens (tertiary/aromatic N) is 2. The van der Waals surface area contributed by atoms with E-state index in [9.17, 15) is 0 Å². The third-order valence-corrected chi connectivity index (χ3v) is 10.2. The fourth-order valence-electron chi connectivity index (χ4n) is 7.88. The van der Waals surface area contributed by atoms with Crippen molar-refractivity contribution in [2.45, 2.75) is 0 Å². The van der Waals surface area contributed by atoms with E-state index in [4.69, 9.17) is 4.98 Å². The lowest BCUT2D eigenvalue weighted by Gasteiger charge is -2.19.